The largest absolute Gasteiger partial charge is 0.488 e. The molecule has 1 aliphatic rings. The van der Waals surface area contributed by atoms with Crippen molar-refractivity contribution in [2.45, 2.75) is 43.9 Å². The highest BCUT2D eigenvalue weighted by Crippen LogP contribution is 2.30. The fourth-order valence-corrected chi connectivity index (χ4v) is 6.83. The highest BCUT2D eigenvalue weighted by atomic mass is 35.5. The number of carbonyl (C=O) groups is 1. The fourth-order valence-electron chi connectivity index (χ4n) is 5.66. The third kappa shape index (κ3) is 8.27. The number of sulfonamides is 1. The van der Waals surface area contributed by atoms with Crippen LogP contribution in [0, 0.1) is 5.92 Å². The number of aliphatic hydroxyl groups is 1. The van der Waals surface area contributed by atoms with E-state index in [9.17, 15) is 18.3 Å². The maximum Gasteiger partial charge on any atom is 0.261 e. The third-order valence-corrected chi connectivity index (χ3v) is 9.95. The molecule has 8 nitrogen and oxygen atoms in total. The number of anilines is 1. The highest BCUT2D eigenvalue weighted by molar-refractivity contribution is 7.92. The molecule has 3 atom stereocenters. The van der Waals surface area contributed by atoms with E-state index >= 15 is 0 Å². The molecule has 0 bridgehead atoms. The van der Waals surface area contributed by atoms with E-state index in [1.165, 1.54) is 35.4 Å². The van der Waals surface area contributed by atoms with Gasteiger partial charge in [-0.05, 0) is 73.1 Å². The molecule has 46 heavy (non-hydrogen) atoms. The Hall–Kier alpha value is -3.89. The quantitative estimate of drug-likeness (QED) is 0.214. The van der Waals surface area contributed by atoms with Crippen LogP contribution in [0.1, 0.15) is 25.0 Å². The number of ether oxygens (including phenoxy) is 1. The third-order valence-electron chi connectivity index (χ3n) is 8.30. The zero-order chi connectivity index (χ0) is 32.8. The molecule has 242 valence electrons. The first kappa shape index (κ1) is 33.5. The Bertz CT molecular complexity index is 1730. The lowest BCUT2D eigenvalue weighted by Gasteiger charge is -2.34. The summed E-state index contributed by atoms with van der Waals surface area (Å²) in [5, 5.41) is 10.4. The second-order valence-electron chi connectivity index (χ2n) is 12.0. The lowest BCUT2D eigenvalue weighted by molar-refractivity contribution is -0.134. The molecular weight excluding hydrogens is 622 g/mol. The molecule has 0 spiro atoms. The lowest BCUT2D eigenvalue weighted by Crippen LogP contribution is -2.47. The Morgan fingerprint density at radius 2 is 1.67 bits per heavy atom. The van der Waals surface area contributed by atoms with Crippen molar-refractivity contribution in [2.24, 2.45) is 5.92 Å². The normalized spacial score (nSPS) is 17.8. The number of likely N-dealkylation sites (N-methyl/N-ethyl adjacent to an activating group) is 1. The van der Waals surface area contributed by atoms with Crippen molar-refractivity contribution in [3.63, 3.8) is 0 Å². The Labute approximate surface area is 276 Å². The van der Waals surface area contributed by atoms with E-state index in [4.69, 9.17) is 16.3 Å². The van der Waals surface area contributed by atoms with Crippen LogP contribution in [0.15, 0.2) is 102 Å². The number of hydrogen-bond acceptors (Lipinski definition) is 6. The topological polar surface area (TPSA) is 99.2 Å². The number of nitrogens with zero attached hydrogens (tertiary/aromatic N) is 2. The van der Waals surface area contributed by atoms with Gasteiger partial charge in [-0.2, -0.15) is 0 Å². The van der Waals surface area contributed by atoms with Crippen molar-refractivity contribution in [1.82, 2.24) is 9.80 Å². The van der Waals surface area contributed by atoms with Gasteiger partial charge in [-0.3, -0.25) is 14.4 Å². The monoisotopic (exact) mass is 661 g/mol. The average molecular weight is 662 g/mol. The molecule has 0 aliphatic carbocycles. The number of hydrogen-bond donors (Lipinski definition) is 2. The number of halogens is 1. The minimum Gasteiger partial charge on any atom is -0.488 e. The van der Waals surface area contributed by atoms with Crippen molar-refractivity contribution >= 4 is 33.2 Å². The number of nitrogens with one attached hydrogen (secondary N) is 1. The van der Waals surface area contributed by atoms with E-state index in [1.54, 1.807) is 23.1 Å². The van der Waals surface area contributed by atoms with E-state index in [0.29, 0.717) is 41.7 Å². The van der Waals surface area contributed by atoms with Crippen LogP contribution >= 0.6 is 11.6 Å². The summed E-state index contributed by atoms with van der Waals surface area (Å²) in [5.41, 5.74) is 4.38. The summed E-state index contributed by atoms with van der Waals surface area (Å²) < 4.78 is 35.4. The van der Waals surface area contributed by atoms with Crippen LogP contribution in [0.25, 0.3) is 11.1 Å². The zero-order valence-corrected chi connectivity index (χ0v) is 27.8. The second-order valence-corrected chi connectivity index (χ2v) is 14.1. The molecule has 1 heterocycles. The van der Waals surface area contributed by atoms with Gasteiger partial charge < -0.3 is 14.7 Å². The molecule has 5 rings (SSSR count). The highest BCUT2D eigenvalue weighted by Gasteiger charge is 2.31. The second kappa shape index (κ2) is 14.7. The number of carbonyl (C=O) groups excluding carboxylic acids is 1. The van der Waals surface area contributed by atoms with Gasteiger partial charge in [0.1, 0.15) is 11.9 Å². The van der Waals surface area contributed by atoms with Crippen molar-refractivity contribution < 1.29 is 23.1 Å². The first-order valence-corrected chi connectivity index (χ1v) is 17.2. The predicted molar refractivity (Wildman–Crippen MR) is 182 cm³/mol. The molecule has 4 aromatic rings. The maximum atomic E-state index is 13.6. The standard InChI is InChI=1S/C36H40ClN3O5S/c1-25-21-40(26(2)24-41)36(42)20-30-19-32(38-46(43,44)33-16-13-31(37)14-17-33)15-18-34(30)45-35(25)23-39(3)22-27-9-11-29(12-10-27)28-7-5-4-6-8-28/h4-19,25-26,35,38,41H,20-24H2,1-3H3/t25-,26-,35-/m1/s1. The number of benzene rings is 4. The van der Waals surface area contributed by atoms with Gasteiger partial charge >= 0.3 is 0 Å². The summed E-state index contributed by atoms with van der Waals surface area (Å²) >= 11 is 5.94. The number of rotatable bonds is 10. The summed E-state index contributed by atoms with van der Waals surface area (Å²) in [7, 11) is -1.85. The van der Waals surface area contributed by atoms with Gasteiger partial charge in [-0.15, -0.1) is 0 Å². The lowest BCUT2D eigenvalue weighted by atomic mass is 10.0. The molecule has 0 saturated heterocycles. The van der Waals surface area contributed by atoms with Gasteiger partial charge in [0.2, 0.25) is 5.91 Å². The van der Waals surface area contributed by atoms with Gasteiger partial charge in [0.05, 0.1) is 24.0 Å². The molecule has 0 saturated carbocycles. The van der Waals surface area contributed by atoms with Gasteiger partial charge in [0.25, 0.3) is 10.0 Å². The molecule has 1 amide bonds. The summed E-state index contributed by atoms with van der Waals surface area (Å²) in [6.07, 6.45) is -0.289. The first-order chi connectivity index (χ1) is 22.0. The van der Waals surface area contributed by atoms with E-state index in [-0.39, 0.29) is 41.9 Å². The van der Waals surface area contributed by atoms with Gasteiger partial charge in [0, 0.05) is 41.8 Å². The molecular formula is C36H40ClN3O5S. The fraction of sp³-hybridized carbons (Fsp3) is 0.306. The first-order valence-electron chi connectivity index (χ1n) is 15.3. The Morgan fingerprint density at radius 1 is 1.00 bits per heavy atom. The predicted octanol–water partition coefficient (Wildman–Crippen LogP) is 6.09. The summed E-state index contributed by atoms with van der Waals surface area (Å²) in [6.45, 7) is 5.40. The van der Waals surface area contributed by atoms with Crippen molar-refractivity contribution in [1.29, 1.82) is 0 Å². The van der Waals surface area contributed by atoms with Gasteiger partial charge in [0.15, 0.2) is 0 Å². The Balaban J connectivity index is 1.37. The maximum absolute atomic E-state index is 13.6. The van der Waals surface area contributed by atoms with Crippen molar-refractivity contribution in [3.05, 3.63) is 113 Å². The molecule has 1 aliphatic heterocycles. The molecule has 0 radical (unpaired) electrons. The average Bonchev–Trinajstić information content (AvgIpc) is 3.08. The number of fused-ring (bicyclic) bond motifs is 1. The van der Waals surface area contributed by atoms with Crippen molar-refractivity contribution in [3.8, 4) is 16.9 Å². The molecule has 0 unspecified atom stereocenters. The number of amides is 1. The van der Waals surface area contributed by atoms with E-state index in [2.05, 4.69) is 52.9 Å². The van der Waals surface area contributed by atoms with Gasteiger partial charge in [-0.1, -0.05) is 73.1 Å². The summed E-state index contributed by atoms with van der Waals surface area (Å²) in [6, 6.07) is 29.3. The summed E-state index contributed by atoms with van der Waals surface area (Å²) in [5.74, 6) is 0.303. The molecule has 10 heteroatoms. The summed E-state index contributed by atoms with van der Waals surface area (Å²) in [4.78, 5) is 17.5. The zero-order valence-electron chi connectivity index (χ0n) is 26.3. The Kier molecular flexibility index (Phi) is 10.7. The minimum atomic E-state index is -3.89. The smallest absolute Gasteiger partial charge is 0.261 e. The van der Waals surface area contributed by atoms with Gasteiger partial charge in [-0.25, -0.2) is 8.42 Å². The molecule has 2 N–H and O–H groups in total. The van der Waals surface area contributed by atoms with Crippen LogP contribution < -0.4 is 9.46 Å². The van der Waals surface area contributed by atoms with Crippen LogP contribution in [0.2, 0.25) is 5.02 Å². The van der Waals surface area contributed by atoms with Crippen molar-refractivity contribution in [2.75, 3.05) is 31.5 Å². The SMILES string of the molecule is C[C@@H]1CN([C@H](C)CO)C(=O)Cc2cc(NS(=O)(=O)c3ccc(Cl)cc3)ccc2O[C@@H]1CN(C)Cc1ccc(-c2ccccc2)cc1. The van der Waals surface area contributed by atoms with Crippen LogP contribution in [-0.4, -0.2) is 68.1 Å². The van der Waals surface area contributed by atoms with Crippen LogP contribution in [0.5, 0.6) is 5.75 Å². The molecule has 0 aromatic heterocycles. The Morgan fingerprint density at radius 3 is 2.35 bits per heavy atom. The number of aliphatic hydroxyl groups excluding tert-OH is 1. The molecule has 4 aromatic carbocycles. The van der Waals surface area contributed by atoms with Crippen LogP contribution in [0.4, 0.5) is 5.69 Å². The molecule has 0 fully saturated rings. The van der Waals surface area contributed by atoms with E-state index in [1.807, 2.05) is 32.2 Å². The van der Waals surface area contributed by atoms with Crippen LogP contribution in [-0.2, 0) is 27.8 Å². The minimum absolute atomic E-state index is 0.000766. The van der Waals surface area contributed by atoms with E-state index in [0.717, 1.165) is 5.56 Å². The van der Waals surface area contributed by atoms with E-state index < -0.39 is 10.0 Å². The van der Waals surface area contributed by atoms with Crippen LogP contribution in [0.3, 0.4) is 0 Å².